The van der Waals surface area contributed by atoms with Gasteiger partial charge in [-0.25, -0.2) is 4.79 Å². The standard InChI is InChI=1S/C42H50F3N9O6S/c1-24-19-30(20-25(2)52(24)23-35(56)47-33-8-6-7-31-36(33)50(5)49-37(31)51-16-15-34(55)48-39(51)58)60-18-17-59-29-13-11-27(12-14-29)54-40(61)53(38(57)41(54,3)4)28-10-9-26(22-46)32(21-28)42(43,44)45/h6-10,21,24-25,27,29-30H,11-20,23H2,1-5H3,(H,47,56)(H,48,55,58)/t24-,25+,27-,29-,30?. The van der Waals surface area contributed by atoms with Gasteiger partial charge in [-0.05, 0) is 109 Å². The maximum Gasteiger partial charge on any atom is 0.417 e. The van der Waals surface area contributed by atoms with Gasteiger partial charge < -0.3 is 19.7 Å². The topological polar surface area (TPSA) is 165 Å². The first-order valence-corrected chi connectivity index (χ1v) is 20.9. The molecule has 4 heterocycles. The molecule has 326 valence electrons. The van der Waals surface area contributed by atoms with E-state index in [2.05, 4.69) is 34.5 Å². The number of aromatic nitrogens is 2. The molecule has 15 nitrogen and oxygen atoms in total. The fourth-order valence-electron chi connectivity index (χ4n) is 9.30. The van der Waals surface area contributed by atoms with Crippen LogP contribution in [0.4, 0.5) is 35.2 Å². The summed E-state index contributed by atoms with van der Waals surface area (Å²) in [6.45, 7) is 8.83. The van der Waals surface area contributed by atoms with Crippen LogP contribution in [0.5, 0.6) is 0 Å². The average molecular weight is 866 g/mol. The molecule has 1 aromatic heterocycles. The number of alkyl halides is 3. The number of amides is 5. The highest BCUT2D eigenvalue weighted by Gasteiger charge is 2.52. The minimum atomic E-state index is -4.77. The number of aryl methyl sites for hydroxylation is 1. The van der Waals surface area contributed by atoms with Crippen LogP contribution in [0.25, 0.3) is 10.9 Å². The van der Waals surface area contributed by atoms with E-state index in [0.29, 0.717) is 61.3 Å². The molecule has 1 unspecified atom stereocenters. The van der Waals surface area contributed by atoms with Crippen molar-refractivity contribution in [1.82, 2.24) is 24.9 Å². The van der Waals surface area contributed by atoms with Crippen LogP contribution in [0.1, 0.15) is 83.8 Å². The van der Waals surface area contributed by atoms with Gasteiger partial charge in [0.15, 0.2) is 10.9 Å². The number of carbonyl (C=O) groups is 4. The lowest BCUT2D eigenvalue weighted by Crippen LogP contribution is -2.51. The molecule has 5 amide bonds. The Labute approximate surface area is 357 Å². The highest BCUT2D eigenvalue weighted by atomic mass is 32.1. The Balaban J connectivity index is 0.861. The number of anilines is 3. The Morgan fingerprint density at radius 2 is 1.70 bits per heavy atom. The van der Waals surface area contributed by atoms with Crippen LogP contribution in [0.2, 0.25) is 0 Å². The molecule has 1 aliphatic carbocycles. The smallest absolute Gasteiger partial charge is 0.376 e. The Morgan fingerprint density at radius 1 is 1.03 bits per heavy atom. The number of imide groups is 1. The number of fused-ring (bicyclic) bond motifs is 1. The second kappa shape index (κ2) is 17.3. The van der Waals surface area contributed by atoms with Crippen LogP contribution >= 0.6 is 12.2 Å². The third-order valence-electron chi connectivity index (χ3n) is 12.3. The summed E-state index contributed by atoms with van der Waals surface area (Å²) in [5.74, 6) is -0.521. The zero-order valence-electron chi connectivity index (χ0n) is 34.8. The minimum absolute atomic E-state index is 0.00486. The van der Waals surface area contributed by atoms with Crippen LogP contribution in [-0.4, -0.2) is 111 Å². The highest BCUT2D eigenvalue weighted by Crippen LogP contribution is 2.41. The first-order chi connectivity index (χ1) is 28.9. The number of rotatable bonds is 11. The maximum absolute atomic E-state index is 13.7. The number of nitrogens with one attached hydrogen (secondary N) is 2. The summed E-state index contributed by atoms with van der Waals surface area (Å²) in [6.07, 6.45) is -0.357. The van der Waals surface area contributed by atoms with Gasteiger partial charge in [0.05, 0.1) is 66.1 Å². The lowest BCUT2D eigenvalue weighted by atomic mass is 9.89. The summed E-state index contributed by atoms with van der Waals surface area (Å²) >= 11 is 5.73. The molecule has 3 aliphatic heterocycles. The molecule has 3 aromatic rings. The quantitative estimate of drug-likeness (QED) is 0.176. The molecule has 3 saturated heterocycles. The molecule has 2 N–H and O–H groups in total. The van der Waals surface area contributed by atoms with Crippen LogP contribution in [0, 0.1) is 11.3 Å². The van der Waals surface area contributed by atoms with Gasteiger partial charge in [0.2, 0.25) is 11.8 Å². The summed E-state index contributed by atoms with van der Waals surface area (Å²) in [7, 11) is 1.74. The van der Waals surface area contributed by atoms with Crippen molar-refractivity contribution in [3.05, 3.63) is 47.5 Å². The van der Waals surface area contributed by atoms with Gasteiger partial charge in [-0.3, -0.25) is 39.1 Å². The molecule has 61 heavy (non-hydrogen) atoms. The van der Waals surface area contributed by atoms with E-state index in [-0.39, 0.29) is 72.5 Å². The number of para-hydroxylation sites is 1. The van der Waals surface area contributed by atoms with E-state index >= 15 is 0 Å². The van der Waals surface area contributed by atoms with Gasteiger partial charge in [0, 0.05) is 43.5 Å². The number of thiocarbonyl (C=S) groups is 1. The Morgan fingerprint density at radius 3 is 2.34 bits per heavy atom. The second-order valence-electron chi connectivity index (χ2n) is 16.8. The fraction of sp³-hybridized carbons (Fsp3) is 0.548. The Bertz CT molecular complexity index is 2260. The zero-order chi connectivity index (χ0) is 44.0. The van der Waals surface area contributed by atoms with Crippen LogP contribution in [0.3, 0.4) is 0 Å². The molecule has 4 aliphatic rings. The molecule has 4 fully saturated rings. The maximum atomic E-state index is 13.7. The fourth-order valence-corrected chi connectivity index (χ4v) is 9.87. The zero-order valence-corrected chi connectivity index (χ0v) is 35.6. The first-order valence-electron chi connectivity index (χ1n) is 20.5. The summed E-state index contributed by atoms with van der Waals surface area (Å²) in [4.78, 5) is 57.9. The van der Waals surface area contributed by atoms with Gasteiger partial charge in [-0.15, -0.1) is 0 Å². The summed E-state index contributed by atoms with van der Waals surface area (Å²) in [6, 6.07) is 9.70. The van der Waals surface area contributed by atoms with Crippen LogP contribution < -0.4 is 20.4 Å². The predicted molar refractivity (Wildman–Crippen MR) is 224 cm³/mol. The monoisotopic (exact) mass is 865 g/mol. The number of ether oxygens (including phenoxy) is 2. The summed E-state index contributed by atoms with van der Waals surface area (Å²) in [5, 5.41) is 20.0. The van der Waals surface area contributed by atoms with E-state index in [4.69, 9.17) is 21.7 Å². The van der Waals surface area contributed by atoms with E-state index in [0.717, 1.165) is 29.9 Å². The molecule has 0 spiro atoms. The van der Waals surface area contributed by atoms with Gasteiger partial charge in [-0.1, -0.05) is 6.07 Å². The SMILES string of the molecule is C[C@@H]1CC(OCCO[C@H]2CC[C@H](N3C(=S)N(c4ccc(C#N)c(C(F)(F)F)c4)C(=O)C3(C)C)CC2)C[C@H](C)N1CC(=O)Nc1cccc2c(N3CCC(=O)NC3=O)nn(C)c12. The third-order valence-corrected chi connectivity index (χ3v) is 12.7. The van der Waals surface area contributed by atoms with E-state index in [1.54, 1.807) is 43.8 Å². The van der Waals surface area contributed by atoms with Crippen molar-refractivity contribution in [2.45, 2.75) is 115 Å². The molecule has 2 aromatic carbocycles. The van der Waals surface area contributed by atoms with Crippen LogP contribution in [0.15, 0.2) is 36.4 Å². The summed E-state index contributed by atoms with van der Waals surface area (Å²) in [5.41, 5.74) is -1.51. The molecule has 1 saturated carbocycles. The van der Waals surface area contributed by atoms with E-state index < -0.39 is 34.8 Å². The molecule has 7 rings (SSSR count). The van der Waals surface area contributed by atoms with E-state index in [9.17, 15) is 37.6 Å². The second-order valence-corrected chi connectivity index (χ2v) is 17.1. The number of nitrogens with zero attached hydrogens (tertiary/aromatic N) is 7. The van der Waals surface area contributed by atoms with Gasteiger partial charge >= 0.3 is 12.2 Å². The van der Waals surface area contributed by atoms with Crippen molar-refractivity contribution in [3.63, 3.8) is 0 Å². The summed E-state index contributed by atoms with van der Waals surface area (Å²) < 4.78 is 55.4. The molecule has 3 atom stereocenters. The normalized spacial score (nSPS) is 25.0. The number of nitriles is 1. The number of hydrogen-bond acceptors (Lipinski definition) is 10. The number of carbonyl (C=O) groups excluding carboxylic acids is 4. The Hall–Kier alpha value is -5.16. The Kier molecular flexibility index (Phi) is 12.5. The molecule has 0 bridgehead atoms. The van der Waals surface area contributed by atoms with Crippen molar-refractivity contribution < 1.29 is 41.8 Å². The van der Waals surface area contributed by atoms with Gasteiger partial charge in [0.1, 0.15) is 5.54 Å². The van der Waals surface area contributed by atoms with Crippen LogP contribution in [-0.2, 0) is 37.1 Å². The molecule has 19 heteroatoms. The lowest BCUT2D eigenvalue weighted by molar-refractivity contribution is -0.137. The van der Waals surface area contributed by atoms with Gasteiger partial charge in [0.25, 0.3) is 5.91 Å². The number of urea groups is 1. The molecular weight excluding hydrogens is 816 g/mol. The van der Waals surface area contributed by atoms with Crippen molar-refractivity contribution in [2.24, 2.45) is 7.05 Å². The number of halogens is 3. The third kappa shape index (κ3) is 8.81. The largest absolute Gasteiger partial charge is 0.417 e. The minimum Gasteiger partial charge on any atom is -0.376 e. The number of benzene rings is 2. The predicted octanol–water partition coefficient (Wildman–Crippen LogP) is 5.85. The highest BCUT2D eigenvalue weighted by molar-refractivity contribution is 7.80. The van der Waals surface area contributed by atoms with E-state index in [1.807, 2.05) is 11.0 Å². The first kappa shape index (κ1) is 43.9. The average Bonchev–Trinajstić information content (AvgIpc) is 3.62. The lowest BCUT2D eigenvalue weighted by Gasteiger charge is -2.42. The van der Waals surface area contributed by atoms with Crippen molar-refractivity contribution >= 4 is 69.2 Å². The van der Waals surface area contributed by atoms with Gasteiger partial charge in [-0.2, -0.15) is 23.5 Å². The molecule has 0 radical (unpaired) electrons. The van der Waals surface area contributed by atoms with Crippen molar-refractivity contribution in [2.75, 3.05) is 41.4 Å². The number of piperidine rings is 1. The molecular formula is C42H50F3N9O6S. The van der Waals surface area contributed by atoms with E-state index in [1.165, 1.54) is 11.0 Å². The van der Waals surface area contributed by atoms with Crippen molar-refractivity contribution in [3.8, 4) is 6.07 Å². The number of hydrogen-bond donors (Lipinski definition) is 2. The number of likely N-dealkylation sites (tertiary alicyclic amines) is 1. The van der Waals surface area contributed by atoms with Crippen molar-refractivity contribution in [1.29, 1.82) is 5.26 Å².